The molecule has 0 spiro atoms. The Morgan fingerprint density at radius 1 is 1.67 bits per heavy atom. The molecule has 0 aliphatic rings. The molecule has 0 fully saturated rings. The van der Waals surface area contributed by atoms with E-state index in [0.29, 0.717) is 6.42 Å². The van der Waals surface area contributed by atoms with Crippen LogP contribution in [-0.4, -0.2) is 19.7 Å². The minimum atomic E-state index is -0.449. The Morgan fingerprint density at radius 3 is 2.33 bits per heavy atom. The number of esters is 1. The summed E-state index contributed by atoms with van der Waals surface area (Å²) in [4.78, 5) is 10.6. The van der Waals surface area contributed by atoms with Crippen molar-refractivity contribution in [3.63, 3.8) is 0 Å². The fraction of sp³-hybridized carbons (Fsp3) is 0.833. The number of hydrogen-bond acceptors (Lipinski definition) is 2. The molecule has 9 heavy (non-hydrogen) atoms. The van der Waals surface area contributed by atoms with Crippen LogP contribution < -0.4 is 0 Å². The third kappa shape index (κ3) is 2.46. The Kier molecular flexibility index (Phi) is 4.05. The monoisotopic (exact) mass is 131 g/mol. The number of hydrogen-bond donors (Lipinski definition) is 0. The van der Waals surface area contributed by atoms with Gasteiger partial charge in [-0.15, -0.1) is 0 Å². The van der Waals surface area contributed by atoms with Gasteiger partial charge in [0.15, 0.2) is 0 Å². The first-order valence-electron chi connectivity index (χ1n) is 2.92. The van der Waals surface area contributed by atoms with Crippen molar-refractivity contribution in [2.24, 2.45) is 5.92 Å². The van der Waals surface area contributed by atoms with E-state index < -0.39 is 11.9 Å². The van der Waals surface area contributed by atoms with Gasteiger partial charge in [-0.3, -0.25) is 4.79 Å². The SMILES string of the molecule is CCC(C[O])C(=O)OC. The summed E-state index contributed by atoms with van der Waals surface area (Å²) in [6, 6.07) is 0. The molecule has 0 bridgehead atoms. The van der Waals surface area contributed by atoms with E-state index in [1.807, 2.05) is 0 Å². The quantitative estimate of drug-likeness (QED) is 0.527. The van der Waals surface area contributed by atoms with Crippen molar-refractivity contribution < 1.29 is 14.6 Å². The van der Waals surface area contributed by atoms with Gasteiger partial charge in [0.25, 0.3) is 0 Å². The van der Waals surface area contributed by atoms with Crippen molar-refractivity contribution >= 4 is 5.97 Å². The van der Waals surface area contributed by atoms with E-state index in [-0.39, 0.29) is 6.61 Å². The van der Waals surface area contributed by atoms with E-state index >= 15 is 0 Å². The zero-order valence-corrected chi connectivity index (χ0v) is 5.72. The molecule has 0 heterocycles. The molecule has 1 radical (unpaired) electrons. The summed E-state index contributed by atoms with van der Waals surface area (Å²) in [6.45, 7) is 1.42. The summed E-state index contributed by atoms with van der Waals surface area (Å²) in [6.07, 6.45) is 0.566. The number of carbonyl (C=O) groups excluding carboxylic acids is 1. The van der Waals surface area contributed by atoms with E-state index in [1.54, 1.807) is 6.92 Å². The van der Waals surface area contributed by atoms with Crippen LogP contribution in [-0.2, 0) is 14.6 Å². The molecule has 0 aromatic carbocycles. The van der Waals surface area contributed by atoms with Crippen LogP contribution in [0.1, 0.15) is 13.3 Å². The van der Waals surface area contributed by atoms with E-state index in [0.717, 1.165) is 0 Å². The van der Waals surface area contributed by atoms with Crippen LogP contribution in [0.5, 0.6) is 0 Å². The second-order valence-electron chi connectivity index (χ2n) is 1.79. The van der Waals surface area contributed by atoms with Crippen LogP contribution >= 0.6 is 0 Å². The molecular formula is C6H11O3. The van der Waals surface area contributed by atoms with E-state index in [9.17, 15) is 9.90 Å². The van der Waals surface area contributed by atoms with Crippen LogP contribution in [0.3, 0.4) is 0 Å². The normalized spacial score (nSPS) is 12.8. The van der Waals surface area contributed by atoms with Crippen LogP contribution in [0.15, 0.2) is 0 Å². The lowest BCUT2D eigenvalue weighted by atomic mass is 10.1. The largest absolute Gasteiger partial charge is 0.469 e. The van der Waals surface area contributed by atoms with Crippen molar-refractivity contribution in [3.8, 4) is 0 Å². The predicted octanol–water partition coefficient (Wildman–Crippen LogP) is 0.616. The summed E-state index contributed by atoms with van der Waals surface area (Å²) in [5, 5.41) is 10.2. The zero-order chi connectivity index (χ0) is 7.28. The van der Waals surface area contributed by atoms with E-state index in [4.69, 9.17) is 0 Å². The van der Waals surface area contributed by atoms with Gasteiger partial charge in [-0.1, -0.05) is 6.92 Å². The molecule has 3 nitrogen and oxygen atoms in total. The van der Waals surface area contributed by atoms with Crippen molar-refractivity contribution in [1.82, 2.24) is 0 Å². The number of carbonyl (C=O) groups is 1. The van der Waals surface area contributed by atoms with Gasteiger partial charge in [0.05, 0.1) is 19.6 Å². The van der Waals surface area contributed by atoms with Crippen molar-refractivity contribution in [1.29, 1.82) is 0 Å². The van der Waals surface area contributed by atoms with Crippen LogP contribution in [0, 0.1) is 5.92 Å². The van der Waals surface area contributed by atoms with E-state index in [1.165, 1.54) is 7.11 Å². The summed E-state index contributed by atoms with van der Waals surface area (Å²) >= 11 is 0. The predicted molar refractivity (Wildman–Crippen MR) is 31.4 cm³/mol. The average Bonchev–Trinajstić information content (AvgIpc) is 1.90. The highest BCUT2D eigenvalue weighted by molar-refractivity contribution is 5.72. The lowest BCUT2D eigenvalue weighted by Crippen LogP contribution is -2.18. The summed E-state index contributed by atoms with van der Waals surface area (Å²) in [7, 11) is 1.29. The average molecular weight is 131 g/mol. The molecule has 3 heteroatoms. The summed E-state index contributed by atoms with van der Waals surface area (Å²) in [5.41, 5.74) is 0. The van der Waals surface area contributed by atoms with Gasteiger partial charge in [-0.2, -0.15) is 0 Å². The first-order valence-corrected chi connectivity index (χ1v) is 2.92. The van der Waals surface area contributed by atoms with Crippen LogP contribution in [0.2, 0.25) is 0 Å². The molecule has 1 atom stereocenters. The standard InChI is InChI=1S/C6H11O3/c1-3-5(4-7)6(8)9-2/h5H,3-4H2,1-2H3. The van der Waals surface area contributed by atoms with E-state index in [2.05, 4.69) is 4.74 Å². The third-order valence-corrected chi connectivity index (χ3v) is 1.23. The van der Waals surface area contributed by atoms with Crippen molar-refractivity contribution in [2.75, 3.05) is 13.7 Å². The van der Waals surface area contributed by atoms with Gasteiger partial charge in [0, 0.05) is 0 Å². The highest BCUT2D eigenvalue weighted by Gasteiger charge is 2.15. The number of rotatable bonds is 3. The highest BCUT2D eigenvalue weighted by atomic mass is 16.5. The Morgan fingerprint density at radius 2 is 2.22 bits per heavy atom. The summed E-state index contributed by atoms with van der Waals surface area (Å²) < 4.78 is 4.36. The van der Waals surface area contributed by atoms with Gasteiger partial charge < -0.3 is 4.74 Å². The lowest BCUT2D eigenvalue weighted by Gasteiger charge is -2.05. The van der Waals surface area contributed by atoms with Gasteiger partial charge in [-0.05, 0) is 6.42 Å². The van der Waals surface area contributed by atoms with Gasteiger partial charge in [-0.25, -0.2) is 5.11 Å². The molecule has 1 unspecified atom stereocenters. The molecule has 0 saturated carbocycles. The summed E-state index contributed by atoms with van der Waals surface area (Å²) in [5.74, 6) is -0.845. The highest BCUT2D eigenvalue weighted by Crippen LogP contribution is 2.02. The molecule has 0 amide bonds. The minimum Gasteiger partial charge on any atom is -0.469 e. The second kappa shape index (κ2) is 4.32. The molecule has 0 saturated heterocycles. The van der Waals surface area contributed by atoms with Crippen molar-refractivity contribution in [2.45, 2.75) is 13.3 Å². The fourth-order valence-corrected chi connectivity index (χ4v) is 0.519. The minimum absolute atomic E-state index is 0.372. The molecule has 0 aromatic heterocycles. The number of methoxy groups -OCH3 is 1. The third-order valence-electron chi connectivity index (χ3n) is 1.23. The molecule has 0 N–H and O–H groups in total. The number of ether oxygens (including phenoxy) is 1. The maximum absolute atomic E-state index is 10.6. The first kappa shape index (κ1) is 8.43. The molecule has 0 aliphatic carbocycles. The lowest BCUT2D eigenvalue weighted by molar-refractivity contribution is -0.147. The second-order valence-corrected chi connectivity index (χ2v) is 1.79. The molecule has 0 rings (SSSR count). The van der Waals surface area contributed by atoms with Gasteiger partial charge in [0.2, 0.25) is 0 Å². The topological polar surface area (TPSA) is 46.2 Å². The molecular weight excluding hydrogens is 120 g/mol. The van der Waals surface area contributed by atoms with Gasteiger partial charge >= 0.3 is 5.97 Å². The fourth-order valence-electron chi connectivity index (χ4n) is 0.519. The Balaban J connectivity index is 3.64. The van der Waals surface area contributed by atoms with Crippen molar-refractivity contribution in [3.05, 3.63) is 0 Å². The maximum atomic E-state index is 10.6. The molecule has 53 valence electrons. The Hall–Kier alpha value is -0.570. The Bertz CT molecular complexity index is 86.3. The Labute approximate surface area is 54.6 Å². The molecule has 0 aromatic rings. The maximum Gasteiger partial charge on any atom is 0.311 e. The molecule has 0 aliphatic heterocycles. The smallest absolute Gasteiger partial charge is 0.311 e. The first-order chi connectivity index (χ1) is 4.26. The zero-order valence-electron chi connectivity index (χ0n) is 5.72. The van der Waals surface area contributed by atoms with Gasteiger partial charge in [0.1, 0.15) is 0 Å². The van der Waals surface area contributed by atoms with Crippen LogP contribution in [0.25, 0.3) is 0 Å². The van der Waals surface area contributed by atoms with Crippen LogP contribution in [0.4, 0.5) is 0 Å².